The second kappa shape index (κ2) is 1.73. The predicted octanol–water partition coefficient (Wildman–Crippen LogP) is 1.62. The van der Waals surface area contributed by atoms with Crippen molar-refractivity contribution >= 4 is 0 Å². The van der Waals surface area contributed by atoms with E-state index in [1.165, 1.54) is 0 Å². The molecule has 2 aliphatic rings. The Bertz CT molecular complexity index is 147. The lowest BCUT2D eigenvalue weighted by atomic mass is 9.85. The molecule has 0 saturated heterocycles. The molecule has 1 nitrogen and oxygen atoms in total. The Labute approximate surface area is 60.8 Å². The van der Waals surface area contributed by atoms with Gasteiger partial charge in [-0.25, -0.2) is 0 Å². The van der Waals surface area contributed by atoms with Gasteiger partial charge in [-0.15, -0.1) is 0 Å². The molecule has 0 radical (unpaired) electrons. The highest BCUT2D eigenvalue weighted by Crippen LogP contribution is 2.55. The van der Waals surface area contributed by atoms with Crippen LogP contribution in [0.5, 0.6) is 0 Å². The van der Waals surface area contributed by atoms with E-state index in [1.54, 1.807) is 0 Å². The van der Waals surface area contributed by atoms with Crippen molar-refractivity contribution in [2.75, 3.05) is 6.67 Å². The molecule has 2 saturated carbocycles. The third kappa shape index (κ3) is 0.715. The zero-order valence-electron chi connectivity index (χ0n) is 6.20. The number of nitrogens with two attached hydrogens (primary N) is 1. The van der Waals surface area contributed by atoms with Crippen LogP contribution in [0.25, 0.3) is 0 Å². The number of rotatable bonds is 1. The summed E-state index contributed by atoms with van der Waals surface area (Å²) in [4.78, 5) is 0. The second-order valence-corrected chi connectivity index (χ2v) is 4.17. The van der Waals surface area contributed by atoms with Crippen molar-refractivity contribution in [3.8, 4) is 0 Å². The zero-order chi connectivity index (χ0) is 7.24. The van der Waals surface area contributed by atoms with E-state index in [-0.39, 0.29) is 17.6 Å². The van der Waals surface area contributed by atoms with E-state index in [1.807, 2.05) is 0 Å². The van der Waals surface area contributed by atoms with Gasteiger partial charge < -0.3 is 5.73 Å². The molecular formula is C8H14FN. The highest BCUT2D eigenvalue weighted by Gasteiger charge is 2.52. The van der Waals surface area contributed by atoms with Crippen molar-refractivity contribution in [2.24, 2.45) is 11.1 Å². The van der Waals surface area contributed by atoms with E-state index in [9.17, 15) is 4.39 Å². The van der Waals surface area contributed by atoms with E-state index < -0.39 is 0 Å². The quantitative estimate of drug-likeness (QED) is 0.593. The number of alkyl halides is 1. The van der Waals surface area contributed by atoms with Gasteiger partial charge in [0.15, 0.2) is 0 Å². The molecular weight excluding hydrogens is 129 g/mol. The molecule has 2 aliphatic carbocycles. The summed E-state index contributed by atoms with van der Waals surface area (Å²) >= 11 is 0. The molecule has 0 spiro atoms. The highest BCUT2D eigenvalue weighted by molar-refractivity contribution is 5.07. The van der Waals surface area contributed by atoms with Gasteiger partial charge >= 0.3 is 0 Å². The van der Waals surface area contributed by atoms with Crippen LogP contribution < -0.4 is 5.73 Å². The SMILES string of the molecule is NC12CCC(CF)(CC1)C2. The van der Waals surface area contributed by atoms with Crippen molar-refractivity contribution in [3.63, 3.8) is 0 Å². The maximum atomic E-state index is 12.5. The van der Waals surface area contributed by atoms with Crippen LogP contribution in [-0.2, 0) is 0 Å². The number of hydrogen-bond donors (Lipinski definition) is 1. The monoisotopic (exact) mass is 143 g/mol. The first kappa shape index (κ1) is 6.59. The van der Waals surface area contributed by atoms with Gasteiger partial charge in [0.25, 0.3) is 0 Å². The highest BCUT2D eigenvalue weighted by atomic mass is 19.1. The molecule has 0 aromatic rings. The number of fused-ring (bicyclic) bond motifs is 2. The number of hydrogen-bond acceptors (Lipinski definition) is 1. The second-order valence-electron chi connectivity index (χ2n) is 4.17. The molecule has 0 heterocycles. The largest absolute Gasteiger partial charge is 0.325 e. The third-order valence-electron chi connectivity index (χ3n) is 3.32. The smallest absolute Gasteiger partial charge is 0.0951 e. The molecule has 0 unspecified atom stereocenters. The Hall–Kier alpha value is -0.110. The summed E-state index contributed by atoms with van der Waals surface area (Å²) in [6.45, 7) is -0.147. The first-order valence-electron chi connectivity index (χ1n) is 4.03. The maximum absolute atomic E-state index is 12.5. The van der Waals surface area contributed by atoms with Crippen molar-refractivity contribution in [2.45, 2.75) is 37.6 Å². The first-order valence-corrected chi connectivity index (χ1v) is 4.03. The van der Waals surface area contributed by atoms with Crippen molar-refractivity contribution in [3.05, 3.63) is 0 Å². The van der Waals surface area contributed by atoms with Crippen molar-refractivity contribution in [1.82, 2.24) is 0 Å². The standard InChI is InChI=1S/C8H14FN/c9-6-7-1-3-8(10,5-7)4-2-7/h1-6,10H2. The molecule has 2 fully saturated rings. The van der Waals surface area contributed by atoms with E-state index in [0.29, 0.717) is 0 Å². The van der Waals surface area contributed by atoms with Crippen LogP contribution in [0.15, 0.2) is 0 Å². The lowest BCUT2D eigenvalue weighted by Gasteiger charge is -2.22. The Morgan fingerprint density at radius 1 is 1.20 bits per heavy atom. The molecule has 0 aliphatic heterocycles. The Morgan fingerprint density at radius 3 is 2.00 bits per heavy atom. The van der Waals surface area contributed by atoms with Gasteiger partial charge in [-0.2, -0.15) is 0 Å². The maximum Gasteiger partial charge on any atom is 0.0951 e. The van der Waals surface area contributed by atoms with Crippen molar-refractivity contribution in [1.29, 1.82) is 0 Å². The van der Waals surface area contributed by atoms with Gasteiger partial charge in [-0.05, 0) is 32.1 Å². The average Bonchev–Trinajstić information content (AvgIpc) is 2.42. The fourth-order valence-electron chi connectivity index (χ4n) is 2.56. The molecule has 0 amide bonds. The summed E-state index contributed by atoms with van der Waals surface area (Å²) in [5, 5.41) is 0. The molecule has 0 aromatic carbocycles. The van der Waals surface area contributed by atoms with Gasteiger partial charge in [0.2, 0.25) is 0 Å². The fourth-order valence-corrected chi connectivity index (χ4v) is 2.56. The van der Waals surface area contributed by atoms with Gasteiger partial charge in [-0.3, -0.25) is 4.39 Å². The molecule has 2 bridgehead atoms. The van der Waals surface area contributed by atoms with Crippen LogP contribution in [0.3, 0.4) is 0 Å². The molecule has 0 atom stereocenters. The van der Waals surface area contributed by atoms with Crippen LogP contribution >= 0.6 is 0 Å². The Balaban J connectivity index is 2.19. The lowest BCUT2D eigenvalue weighted by molar-refractivity contribution is 0.214. The van der Waals surface area contributed by atoms with Crippen LogP contribution in [0.2, 0.25) is 0 Å². The minimum atomic E-state index is -0.147. The van der Waals surface area contributed by atoms with Crippen LogP contribution in [0.4, 0.5) is 4.39 Å². The molecule has 2 rings (SSSR count). The molecule has 58 valence electrons. The molecule has 0 aromatic heterocycles. The fraction of sp³-hybridized carbons (Fsp3) is 1.00. The summed E-state index contributed by atoms with van der Waals surface area (Å²) in [7, 11) is 0. The predicted molar refractivity (Wildman–Crippen MR) is 38.4 cm³/mol. The van der Waals surface area contributed by atoms with E-state index in [4.69, 9.17) is 5.73 Å². The van der Waals surface area contributed by atoms with Crippen LogP contribution in [0.1, 0.15) is 32.1 Å². The van der Waals surface area contributed by atoms with Crippen molar-refractivity contribution < 1.29 is 4.39 Å². The summed E-state index contributed by atoms with van der Waals surface area (Å²) in [5.41, 5.74) is 6.05. The topological polar surface area (TPSA) is 26.0 Å². The Morgan fingerprint density at radius 2 is 1.80 bits per heavy atom. The van der Waals surface area contributed by atoms with Crippen LogP contribution in [-0.4, -0.2) is 12.2 Å². The van der Waals surface area contributed by atoms with Gasteiger partial charge in [-0.1, -0.05) is 0 Å². The van der Waals surface area contributed by atoms with E-state index >= 15 is 0 Å². The minimum absolute atomic E-state index is 0.0226. The van der Waals surface area contributed by atoms with E-state index in [0.717, 1.165) is 32.1 Å². The summed E-state index contributed by atoms with van der Waals surface area (Å²) < 4.78 is 12.5. The molecule has 2 N–H and O–H groups in total. The van der Waals surface area contributed by atoms with Gasteiger partial charge in [0, 0.05) is 11.0 Å². The third-order valence-corrected chi connectivity index (χ3v) is 3.32. The first-order chi connectivity index (χ1) is 4.68. The van der Waals surface area contributed by atoms with Crippen LogP contribution in [0, 0.1) is 5.41 Å². The zero-order valence-corrected chi connectivity index (χ0v) is 6.20. The number of halogens is 1. The van der Waals surface area contributed by atoms with Gasteiger partial charge in [0.05, 0.1) is 6.67 Å². The van der Waals surface area contributed by atoms with E-state index in [2.05, 4.69) is 0 Å². The molecule has 10 heavy (non-hydrogen) atoms. The summed E-state index contributed by atoms with van der Waals surface area (Å²) in [6, 6.07) is 0. The molecule has 2 heteroatoms. The normalized spacial score (nSPS) is 52.2. The lowest BCUT2D eigenvalue weighted by Crippen LogP contribution is -2.33. The Kier molecular flexibility index (Phi) is 1.14. The summed E-state index contributed by atoms with van der Waals surface area (Å²) in [5.74, 6) is 0. The average molecular weight is 143 g/mol. The minimum Gasteiger partial charge on any atom is -0.325 e. The summed E-state index contributed by atoms with van der Waals surface area (Å²) in [6.07, 6.45) is 5.10. The van der Waals surface area contributed by atoms with Gasteiger partial charge in [0.1, 0.15) is 0 Å².